The maximum Gasteiger partial charge on any atom is 0.242 e. The Balaban J connectivity index is 2.86. The molecule has 1 rings (SSSR count). The molecule has 1 aromatic heterocycles. The summed E-state index contributed by atoms with van der Waals surface area (Å²) in [7, 11) is 0. The van der Waals surface area contributed by atoms with E-state index in [9.17, 15) is 4.79 Å². The van der Waals surface area contributed by atoms with Gasteiger partial charge in [-0.25, -0.2) is 0 Å². The summed E-state index contributed by atoms with van der Waals surface area (Å²) in [5.41, 5.74) is 5.71. The number of nitrogens with two attached hydrogens (primary N) is 1. The predicted octanol–water partition coefficient (Wildman–Crippen LogP) is 0.625. The zero-order chi connectivity index (χ0) is 16.0. The summed E-state index contributed by atoms with van der Waals surface area (Å²) in [5, 5.41) is 5.77. The maximum atomic E-state index is 11.9. The van der Waals surface area contributed by atoms with Crippen molar-refractivity contribution in [3.63, 3.8) is 0 Å². The average Bonchev–Trinajstić information content (AvgIpc) is 2.38. The van der Waals surface area contributed by atoms with Crippen LogP contribution in [0.1, 0.15) is 34.6 Å². The molecular formula is C13H25N7O. The third-order valence-corrected chi connectivity index (χ3v) is 2.86. The van der Waals surface area contributed by atoms with Gasteiger partial charge in [0.25, 0.3) is 0 Å². The third kappa shape index (κ3) is 5.05. The van der Waals surface area contributed by atoms with E-state index in [1.165, 1.54) is 0 Å². The zero-order valence-electron chi connectivity index (χ0n) is 13.3. The molecule has 118 valence electrons. The van der Waals surface area contributed by atoms with Gasteiger partial charge in [0.2, 0.25) is 23.8 Å². The van der Waals surface area contributed by atoms with Gasteiger partial charge in [-0.2, -0.15) is 15.0 Å². The second kappa shape index (κ2) is 7.61. The van der Waals surface area contributed by atoms with Crippen LogP contribution in [0.25, 0.3) is 0 Å². The molecule has 0 bridgehead atoms. The highest BCUT2D eigenvalue weighted by atomic mass is 16.2. The normalized spacial score (nSPS) is 12.1. The topological polar surface area (TPSA) is 109 Å². The number of carbonyl (C=O) groups is 1. The molecule has 1 amide bonds. The van der Waals surface area contributed by atoms with Crippen molar-refractivity contribution in [2.45, 2.75) is 46.7 Å². The van der Waals surface area contributed by atoms with Gasteiger partial charge in [-0.1, -0.05) is 0 Å². The van der Waals surface area contributed by atoms with Crippen LogP contribution in [-0.4, -0.2) is 46.0 Å². The summed E-state index contributed by atoms with van der Waals surface area (Å²) in [4.78, 5) is 26.3. The van der Waals surface area contributed by atoms with E-state index in [-0.39, 0.29) is 17.9 Å². The van der Waals surface area contributed by atoms with Crippen molar-refractivity contribution in [3.8, 4) is 0 Å². The van der Waals surface area contributed by atoms with Crippen LogP contribution >= 0.6 is 0 Å². The summed E-state index contributed by atoms with van der Waals surface area (Å²) < 4.78 is 0. The summed E-state index contributed by atoms with van der Waals surface area (Å²) in [5.74, 6) is 0.821. The Morgan fingerprint density at radius 1 is 1.19 bits per heavy atom. The number of carbonyl (C=O) groups excluding carboxylic acids is 1. The Morgan fingerprint density at radius 3 is 2.33 bits per heavy atom. The lowest BCUT2D eigenvalue weighted by Gasteiger charge is -2.20. The van der Waals surface area contributed by atoms with Gasteiger partial charge >= 0.3 is 0 Å². The van der Waals surface area contributed by atoms with E-state index in [1.54, 1.807) is 6.92 Å². The molecule has 0 saturated carbocycles. The Kier molecular flexibility index (Phi) is 6.13. The van der Waals surface area contributed by atoms with E-state index in [2.05, 4.69) is 25.6 Å². The van der Waals surface area contributed by atoms with Crippen LogP contribution in [0.5, 0.6) is 0 Å². The fourth-order valence-corrected chi connectivity index (χ4v) is 1.76. The molecular weight excluding hydrogens is 270 g/mol. The van der Waals surface area contributed by atoms with Gasteiger partial charge in [0.15, 0.2) is 0 Å². The average molecular weight is 295 g/mol. The number of hydrogen-bond donors (Lipinski definition) is 3. The van der Waals surface area contributed by atoms with Crippen LogP contribution in [0.2, 0.25) is 0 Å². The van der Waals surface area contributed by atoms with Gasteiger partial charge in [-0.3, -0.25) is 4.79 Å². The first kappa shape index (κ1) is 16.9. The number of nitrogens with one attached hydrogen (secondary N) is 2. The summed E-state index contributed by atoms with van der Waals surface area (Å²) in [6.45, 7) is 11.1. The van der Waals surface area contributed by atoms with E-state index < -0.39 is 6.04 Å². The van der Waals surface area contributed by atoms with Gasteiger partial charge in [-0.05, 0) is 34.6 Å². The molecule has 1 atom stereocenters. The van der Waals surface area contributed by atoms with Crippen molar-refractivity contribution in [1.82, 2.24) is 20.3 Å². The lowest BCUT2D eigenvalue weighted by molar-refractivity contribution is -0.122. The van der Waals surface area contributed by atoms with E-state index in [0.29, 0.717) is 11.9 Å². The second-order valence-electron chi connectivity index (χ2n) is 5.02. The quantitative estimate of drug-likeness (QED) is 0.676. The van der Waals surface area contributed by atoms with Crippen LogP contribution in [-0.2, 0) is 4.79 Å². The molecule has 0 aromatic carbocycles. The highest BCUT2D eigenvalue weighted by Crippen LogP contribution is 2.12. The molecule has 0 saturated heterocycles. The Morgan fingerprint density at radius 2 is 1.81 bits per heavy atom. The number of nitrogen functional groups attached to an aromatic ring is 1. The second-order valence-corrected chi connectivity index (χ2v) is 5.02. The molecule has 0 radical (unpaired) electrons. The van der Waals surface area contributed by atoms with Crippen molar-refractivity contribution in [2.24, 2.45) is 0 Å². The summed E-state index contributed by atoms with van der Waals surface area (Å²) in [6, 6.07) is -0.379. The summed E-state index contributed by atoms with van der Waals surface area (Å²) in [6.07, 6.45) is 0. The molecule has 0 spiro atoms. The number of amides is 1. The number of rotatable bonds is 7. The minimum atomic E-state index is -0.459. The Labute approximate surface area is 125 Å². The fraction of sp³-hybridized carbons (Fsp3) is 0.692. The zero-order valence-corrected chi connectivity index (χ0v) is 13.3. The van der Waals surface area contributed by atoms with Gasteiger partial charge in [-0.15, -0.1) is 0 Å². The molecule has 1 unspecified atom stereocenters. The van der Waals surface area contributed by atoms with Crippen LogP contribution < -0.4 is 21.3 Å². The first-order chi connectivity index (χ1) is 9.87. The smallest absolute Gasteiger partial charge is 0.242 e. The molecule has 21 heavy (non-hydrogen) atoms. The Hall–Kier alpha value is -2.12. The number of anilines is 3. The lowest BCUT2D eigenvalue weighted by atomic mass is 10.3. The van der Waals surface area contributed by atoms with E-state index in [1.807, 2.05) is 32.6 Å². The lowest BCUT2D eigenvalue weighted by Crippen LogP contribution is -2.41. The van der Waals surface area contributed by atoms with Crippen LogP contribution in [0, 0.1) is 0 Å². The molecule has 0 fully saturated rings. The highest BCUT2D eigenvalue weighted by Gasteiger charge is 2.16. The standard InChI is InChI=1S/C13H25N7O/c1-6-20(7-2)13-18-11(14)17-12(19-13)16-9(5)10(21)15-8(3)4/h8-9H,6-7H2,1-5H3,(H,15,21)(H3,14,16,17,18,19). The minimum Gasteiger partial charge on any atom is -0.368 e. The van der Waals surface area contributed by atoms with Crippen LogP contribution in [0.3, 0.4) is 0 Å². The molecule has 1 aromatic rings. The molecule has 1 heterocycles. The van der Waals surface area contributed by atoms with Crippen molar-refractivity contribution >= 4 is 23.8 Å². The van der Waals surface area contributed by atoms with Crippen LogP contribution in [0.15, 0.2) is 0 Å². The fourth-order valence-electron chi connectivity index (χ4n) is 1.76. The monoisotopic (exact) mass is 295 g/mol. The first-order valence-electron chi connectivity index (χ1n) is 7.20. The van der Waals surface area contributed by atoms with E-state index >= 15 is 0 Å². The molecule has 0 aliphatic carbocycles. The molecule has 4 N–H and O–H groups in total. The Bertz CT molecular complexity index is 474. The highest BCUT2D eigenvalue weighted by molar-refractivity contribution is 5.83. The largest absolute Gasteiger partial charge is 0.368 e. The van der Waals surface area contributed by atoms with Crippen LogP contribution in [0.4, 0.5) is 17.8 Å². The molecule has 8 nitrogen and oxygen atoms in total. The van der Waals surface area contributed by atoms with E-state index in [4.69, 9.17) is 5.73 Å². The van der Waals surface area contributed by atoms with Crippen molar-refractivity contribution in [1.29, 1.82) is 0 Å². The number of aromatic nitrogens is 3. The van der Waals surface area contributed by atoms with Crippen molar-refractivity contribution in [2.75, 3.05) is 29.0 Å². The van der Waals surface area contributed by atoms with Crippen molar-refractivity contribution < 1.29 is 4.79 Å². The minimum absolute atomic E-state index is 0.0800. The first-order valence-corrected chi connectivity index (χ1v) is 7.20. The maximum absolute atomic E-state index is 11.9. The third-order valence-electron chi connectivity index (χ3n) is 2.86. The molecule has 8 heteroatoms. The van der Waals surface area contributed by atoms with Gasteiger partial charge in [0.1, 0.15) is 6.04 Å². The summed E-state index contributed by atoms with van der Waals surface area (Å²) >= 11 is 0. The van der Waals surface area contributed by atoms with Gasteiger partial charge < -0.3 is 21.3 Å². The number of hydrogen-bond acceptors (Lipinski definition) is 7. The van der Waals surface area contributed by atoms with Gasteiger partial charge in [0, 0.05) is 19.1 Å². The van der Waals surface area contributed by atoms with Gasteiger partial charge in [0.05, 0.1) is 0 Å². The SMILES string of the molecule is CCN(CC)c1nc(N)nc(NC(C)C(=O)NC(C)C)n1. The van der Waals surface area contributed by atoms with E-state index in [0.717, 1.165) is 13.1 Å². The molecule has 0 aliphatic heterocycles. The predicted molar refractivity (Wildman–Crippen MR) is 84.2 cm³/mol. The van der Waals surface area contributed by atoms with Crippen molar-refractivity contribution in [3.05, 3.63) is 0 Å². The number of nitrogens with zero attached hydrogens (tertiary/aromatic N) is 4. The molecule has 0 aliphatic rings.